The van der Waals surface area contributed by atoms with Crippen LogP contribution >= 0.6 is 0 Å². The number of aryl methyl sites for hydroxylation is 1. The molecule has 0 aliphatic carbocycles. The van der Waals surface area contributed by atoms with E-state index in [9.17, 15) is 0 Å². The Kier molecular flexibility index (Phi) is 2.15. The summed E-state index contributed by atoms with van der Waals surface area (Å²) in [4.78, 5) is 8.57. The van der Waals surface area contributed by atoms with Gasteiger partial charge in [0, 0.05) is 6.42 Å². The van der Waals surface area contributed by atoms with Gasteiger partial charge in [-0.3, -0.25) is 0 Å². The van der Waals surface area contributed by atoms with E-state index in [2.05, 4.69) is 34.1 Å². The fraction of sp³-hybridized carbons (Fsp3) is 0.556. The van der Waals surface area contributed by atoms with Gasteiger partial charge in [0.1, 0.15) is 5.82 Å². The first-order valence-corrected chi connectivity index (χ1v) is 4.79. The molecule has 5 heteroatoms. The van der Waals surface area contributed by atoms with Crippen molar-refractivity contribution < 1.29 is 0 Å². The fourth-order valence-electron chi connectivity index (χ4n) is 1.30. The van der Waals surface area contributed by atoms with Crippen LogP contribution in [0.25, 0.3) is 11.2 Å². The van der Waals surface area contributed by atoms with Gasteiger partial charge in [-0.15, -0.1) is 5.10 Å². The van der Waals surface area contributed by atoms with Crippen LogP contribution in [0.1, 0.15) is 32.6 Å². The summed E-state index contributed by atoms with van der Waals surface area (Å²) in [7, 11) is 0. The maximum Gasteiger partial charge on any atom is 0.182 e. The van der Waals surface area contributed by atoms with Gasteiger partial charge in [-0.2, -0.15) is 0 Å². The van der Waals surface area contributed by atoms with Crippen molar-refractivity contribution in [3.63, 3.8) is 0 Å². The number of hydrogen-bond donors (Lipinski definition) is 0. The Morgan fingerprint density at radius 1 is 1.43 bits per heavy atom. The molecule has 0 saturated heterocycles. The van der Waals surface area contributed by atoms with Crippen molar-refractivity contribution >= 4 is 11.2 Å². The highest BCUT2D eigenvalue weighted by molar-refractivity contribution is 5.68. The van der Waals surface area contributed by atoms with Crippen LogP contribution in [0, 0.1) is 0 Å². The Morgan fingerprint density at radius 3 is 2.86 bits per heavy atom. The lowest BCUT2D eigenvalue weighted by Gasteiger charge is -2.04. The van der Waals surface area contributed by atoms with Gasteiger partial charge in [0.2, 0.25) is 0 Å². The summed E-state index contributed by atoms with van der Waals surface area (Å²) in [5.41, 5.74) is 1.59. The Bertz CT molecular complexity index is 445. The molecular weight excluding hydrogens is 178 g/mol. The lowest BCUT2D eigenvalue weighted by atomic mass is 10.4. The molecule has 2 aromatic heterocycles. The number of hydrogen-bond acceptors (Lipinski definition) is 4. The van der Waals surface area contributed by atoms with E-state index in [0.717, 1.165) is 23.4 Å². The zero-order valence-corrected chi connectivity index (χ0v) is 8.60. The first-order valence-electron chi connectivity index (χ1n) is 4.79. The van der Waals surface area contributed by atoms with Crippen LogP contribution in [0.4, 0.5) is 0 Å². The minimum absolute atomic E-state index is 0.277. The van der Waals surface area contributed by atoms with Crippen LogP contribution in [0.15, 0.2) is 6.20 Å². The summed E-state index contributed by atoms with van der Waals surface area (Å²) in [6.07, 6.45) is 2.56. The maximum atomic E-state index is 4.40. The molecule has 0 aliphatic heterocycles. The third kappa shape index (κ3) is 1.34. The van der Waals surface area contributed by atoms with E-state index in [4.69, 9.17) is 0 Å². The Morgan fingerprint density at radius 2 is 2.21 bits per heavy atom. The third-order valence-corrected chi connectivity index (χ3v) is 2.07. The molecular formula is C9H13N5. The third-order valence-electron chi connectivity index (χ3n) is 2.07. The standard InChI is InChI=1S/C9H13N5/c1-4-8-10-5-7-9(11-8)14(6(2)3)13-12-7/h5-6H,4H2,1-3H3. The van der Waals surface area contributed by atoms with Crippen molar-refractivity contribution in [3.8, 4) is 0 Å². The zero-order valence-electron chi connectivity index (χ0n) is 8.60. The molecule has 0 atom stereocenters. The Hall–Kier alpha value is -1.52. The SMILES string of the molecule is CCc1ncc2nnn(C(C)C)c2n1. The number of nitrogens with zero attached hydrogens (tertiary/aromatic N) is 5. The van der Waals surface area contributed by atoms with Crippen LogP contribution in [-0.4, -0.2) is 25.0 Å². The van der Waals surface area contributed by atoms with E-state index in [1.807, 2.05) is 11.6 Å². The van der Waals surface area contributed by atoms with Crippen molar-refractivity contribution in [2.75, 3.05) is 0 Å². The summed E-state index contributed by atoms with van der Waals surface area (Å²) < 4.78 is 1.82. The van der Waals surface area contributed by atoms with Gasteiger partial charge < -0.3 is 0 Å². The molecule has 0 saturated carbocycles. The smallest absolute Gasteiger partial charge is 0.182 e. The highest BCUT2D eigenvalue weighted by atomic mass is 15.5. The normalized spacial score (nSPS) is 11.4. The van der Waals surface area contributed by atoms with Crippen LogP contribution in [-0.2, 0) is 6.42 Å². The molecule has 2 aromatic rings. The zero-order chi connectivity index (χ0) is 10.1. The van der Waals surface area contributed by atoms with Gasteiger partial charge >= 0.3 is 0 Å². The molecule has 14 heavy (non-hydrogen) atoms. The average Bonchev–Trinajstić information content (AvgIpc) is 2.59. The average molecular weight is 191 g/mol. The molecule has 0 spiro atoms. The maximum absolute atomic E-state index is 4.40. The molecule has 0 unspecified atom stereocenters. The number of fused-ring (bicyclic) bond motifs is 1. The van der Waals surface area contributed by atoms with Gasteiger partial charge in [0.15, 0.2) is 11.2 Å². The summed E-state index contributed by atoms with van der Waals surface area (Å²) in [6.45, 7) is 6.15. The van der Waals surface area contributed by atoms with Crippen LogP contribution in [0.3, 0.4) is 0 Å². The van der Waals surface area contributed by atoms with Gasteiger partial charge in [0.05, 0.1) is 12.2 Å². The van der Waals surface area contributed by atoms with Gasteiger partial charge in [-0.25, -0.2) is 14.6 Å². The van der Waals surface area contributed by atoms with Crippen LogP contribution in [0.2, 0.25) is 0 Å². The highest BCUT2D eigenvalue weighted by Gasteiger charge is 2.09. The Labute approximate surface area is 82.2 Å². The molecule has 0 aliphatic rings. The molecule has 0 amide bonds. The molecule has 0 bridgehead atoms. The fourth-order valence-corrected chi connectivity index (χ4v) is 1.30. The second-order valence-corrected chi connectivity index (χ2v) is 3.48. The van der Waals surface area contributed by atoms with Crippen LogP contribution < -0.4 is 0 Å². The minimum Gasteiger partial charge on any atom is -0.239 e. The van der Waals surface area contributed by atoms with E-state index in [-0.39, 0.29) is 6.04 Å². The topological polar surface area (TPSA) is 56.5 Å². The van der Waals surface area contributed by atoms with Gasteiger partial charge in [-0.1, -0.05) is 12.1 Å². The van der Waals surface area contributed by atoms with E-state index in [1.165, 1.54) is 0 Å². The second kappa shape index (κ2) is 3.32. The lowest BCUT2D eigenvalue weighted by molar-refractivity contribution is 0.525. The monoisotopic (exact) mass is 191 g/mol. The van der Waals surface area contributed by atoms with E-state index in [0.29, 0.717) is 0 Å². The Balaban J connectivity index is 2.63. The molecule has 5 nitrogen and oxygen atoms in total. The first-order chi connectivity index (χ1) is 6.72. The lowest BCUT2D eigenvalue weighted by Crippen LogP contribution is -2.05. The predicted octanol–water partition coefficient (Wildman–Crippen LogP) is 1.36. The summed E-state index contributed by atoms with van der Waals surface area (Å²) >= 11 is 0. The van der Waals surface area contributed by atoms with Crippen LogP contribution in [0.5, 0.6) is 0 Å². The molecule has 0 N–H and O–H groups in total. The molecule has 0 fully saturated rings. The molecule has 0 aromatic carbocycles. The van der Waals surface area contributed by atoms with Crippen molar-refractivity contribution in [1.29, 1.82) is 0 Å². The van der Waals surface area contributed by atoms with E-state index >= 15 is 0 Å². The molecule has 74 valence electrons. The van der Waals surface area contributed by atoms with Crippen molar-refractivity contribution in [1.82, 2.24) is 25.0 Å². The summed E-state index contributed by atoms with van der Waals surface area (Å²) in [5.74, 6) is 0.835. The van der Waals surface area contributed by atoms with E-state index in [1.54, 1.807) is 6.20 Å². The highest BCUT2D eigenvalue weighted by Crippen LogP contribution is 2.12. The van der Waals surface area contributed by atoms with Crippen molar-refractivity contribution in [2.24, 2.45) is 0 Å². The van der Waals surface area contributed by atoms with Gasteiger partial charge in [-0.05, 0) is 13.8 Å². The molecule has 0 radical (unpaired) electrons. The van der Waals surface area contributed by atoms with E-state index < -0.39 is 0 Å². The second-order valence-electron chi connectivity index (χ2n) is 3.48. The number of rotatable bonds is 2. The molecule has 2 heterocycles. The minimum atomic E-state index is 0.277. The largest absolute Gasteiger partial charge is 0.239 e. The summed E-state index contributed by atoms with van der Waals surface area (Å²) in [6, 6.07) is 0.277. The van der Waals surface area contributed by atoms with Crippen molar-refractivity contribution in [3.05, 3.63) is 12.0 Å². The number of aromatic nitrogens is 5. The van der Waals surface area contributed by atoms with Gasteiger partial charge in [0.25, 0.3) is 0 Å². The van der Waals surface area contributed by atoms with Crippen molar-refractivity contribution in [2.45, 2.75) is 33.2 Å². The summed E-state index contributed by atoms with van der Waals surface area (Å²) in [5, 5.41) is 8.04. The quantitative estimate of drug-likeness (QED) is 0.719. The first kappa shape index (κ1) is 9.05. The predicted molar refractivity (Wildman–Crippen MR) is 52.9 cm³/mol. The molecule has 2 rings (SSSR count).